The van der Waals surface area contributed by atoms with Crippen molar-refractivity contribution in [3.05, 3.63) is 42.0 Å². The second kappa shape index (κ2) is 6.43. The highest BCUT2D eigenvalue weighted by Gasteiger charge is 2.21. The lowest BCUT2D eigenvalue weighted by Gasteiger charge is -2.20. The van der Waals surface area contributed by atoms with Crippen LogP contribution in [-0.4, -0.2) is 14.1 Å². The molecule has 92 valence electrons. The average Bonchev–Trinajstić information content (AvgIpc) is 2.29. The summed E-state index contributed by atoms with van der Waals surface area (Å²) in [6.45, 7) is 11.6. The highest BCUT2D eigenvalue weighted by molar-refractivity contribution is 6.78. The summed E-state index contributed by atoms with van der Waals surface area (Å²) in [5.41, 5.74) is 1.73. The van der Waals surface area contributed by atoms with E-state index in [1.54, 1.807) is 4.44 Å². The lowest BCUT2D eigenvalue weighted by atomic mass is 9.95. The third-order valence-corrected chi connectivity index (χ3v) is 6.47. The molecule has 17 heavy (non-hydrogen) atoms. The van der Waals surface area contributed by atoms with Gasteiger partial charge in [-0.05, 0) is 11.0 Å². The van der Waals surface area contributed by atoms with Crippen molar-refractivity contribution >= 4 is 18.6 Å². The molecule has 0 unspecified atom stereocenters. The van der Waals surface area contributed by atoms with Crippen LogP contribution in [0.15, 0.2) is 36.4 Å². The molecule has 0 radical (unpaired) electrons. The molecule has 1 heteroatoms. The van der Waals surface area contributed by atoms with Crippen molar-refractivity contribution in [2.45, 2.75) is 45.2 Å². The third-order valence-electron chi connectivity index (χ3n) is 3.12. The topological polar surface area (TPSA) is 0 Å². The first-order valence-corrected chi connectivity index (χ1v) is 8.97. The van der Waals surface area contributed by atoms with E-state index in [0.29, 0.717) is 0 Å². The van der Waals surface area contributed by atoms with Crippen LogP contribution in [0, 0.1) is 5.41 Å². The Morgan fingerprint density at radius 1 is 1.06 bits per heavy atom. The Hall–Kier alpha value is -0.508. The molecule has 0 heterocycles. The van der Waals surface area contributed by atoms with Crippen LogP contribution in [0.1, 0.15) is 40.2 Å². The molecular weight excluding hydrogens is 219 g/mol. The van der Waals surface area contributed by atoms with Crippen LogP contribution in [-0.2, 0) is 0 Å². The van der Waals surface area contributed by atoms with Gasteiger partial charge in [-0.2, -0.15) is 0 Å². The fourth-order valence-electron chi connectivity index (χ4n) is 2.26. The van der Waals surface area contributed by atoms with E-state index in [4.69, 9.17) is 0 Å². The monoisotopic (exact) mass is 244 g/mol. The Balaban J connectivity index is 3.16. The van der Waals surface area contributed by atoms with E-state index >= 15 is 0 Å². The van der Waals surface area contributed by atoms with E-state index in [1.165, 1.54) is 16.1 Å². The minimum absolute atomic E-state index is 0.279. The second-order valence-corrected chi connectivity index (χ2v) is 9.49. The molecule has 0 aliphatic carbocycles. The van der Waals surface area contributed by atoms with Crippen molar-refractivity contribution in [3.63, 3.8) is 0 Å². The van der Waals surface area contributed by atoms with Gasteiger partial charge < -0.3 is 0 Å². The largest absolute Gasteiger partial charge is 0.305 e. The van der Waals surface area contributed by atoms with Gasteiger partial charge in [-0.3, -0.25) is 0 Å². The van der Waals surface area contributed by atoms with Crippen LogP contribution in [0.2, 0.25) is 10.6 Å². The average molecular weight is 244 g/mol. The smallest absolute Gasteiger partial charge is 0.107 e. The van der Waals surface area contributed by atoms with Gasteiger partial charge in [0, 0.05) is 0 Å². The van der Waals surface area contributed by atoms with Gasteiger partial charge in [0.1, 0.15) is 0 Å². The van der Waals surface area contributed by atoms with E-state index in [9.17, 15) is 0 Å². The number of hydrogen-bond acceptors (Lipinski definition) is 0. The van der Waals surface area contributed by atoms with E-state index in [1.807, 2.05) is 0 Å². The number of hydrogen-bond donors (Lipinski definition) is 0. The summed E-state index contributed by atoms with van der Waals surface area (Å²) in [6, 6.07) is 10.9. The molecule has 0 atom stereocenters. The van der Waals surface area contributed by atoms with Crippen LogP contribution in [0.25, 0.3) is 4.44 Å². The molecule has 0 aliphatic rings. The summed E-state index contributed by atoms with van der Waals surface area (Å²) in [6.07, 6.45) is 2.51. The molecule has 0 fully saturated rings. The summed E-state index contributed by atoms with van der Waals surface area (Å²) in [4.78, 5) is 0. The molecule has 0 aliphatic heterocycles. The summed E-state index contributed by atoms with van der Waals surface area (Å²) >= 11 is -0.772. The lowest BCUT2D eigenvalue weighted by Crippen LogP contribution is -2.15. The summed E-state index contributed by atoms with van der Waals surface area (Å²) in [5, 5.41) is 2.71. The highest BCUT2D eigenvalue weighted by atomic mass is 27.2. The first-order chi connectivity index (χ1) is 7.98. The molecule has 0 saturated heterocycles. The first kappa shape index (κ1) is 14.6. The summed E-state index contributed by atoms with van der Waals surface area (Å²) in [7, 11) is 0. The Kier molecular flexibility index (Phi) is 5.51. The molecule has 0 bridgehead atoms. The molecule has 1 rings (SSSR count). The van der Waals surface area contributed by atoms with Gasteiger partial charge >= 0.3 is 14.1 Å². The Bertz CT molecular complexity index is 353. The maximum Gasteiger partial charge on any atom is 0.305 e. The molecule has 1 aromatic carbocycles. The van der Waals surface area contributed by atoms with Gasteiger partial charge in [-0.25, -0.2) is 0 Å². The van der Waals surface area contributed by atoms with Crippen LogP contribution >= 0.6 is 0 Å². The van der Waals surface area contributed by atoms with Crippen LogP contribution < -0.4 is 0 Å². The molecule has 0 N–H and O–H groups in total. The Morgan fingerprint density at radius 3 is 2.00 bits per heavy atom. The highest BCUT2D eigenvalue weighted by Crippen LogP contribution is 2.28. The number of benzene rings is 1. The van der Waals surface area contributed by atoms with Crippen LogP contribution in [0.3, 0.4) is 0 Å². The Morgan fingerprint density at radius 2 is 1.59 bits per heavy atom. The molecular formula is C16H25Al. The normalized spacial score (nSPS) is 12.6. The molecule has 0 amide bonds. The molecule has 1 aromatic rings. The maximum absolute atomic E-state index is 2.51. The summed E-state index contributed by atoms with van der Waals surface area (Å²) in [5.74, 6) is 0. The van der Waals surface area contributed by atoms with E-state index in [-0.39, 0.29) is 5.41 Å². The van der Waals surface area contributed by atoms with Crippen LogP contribution in [0.5, 0.6) is 0 Å². The van der Waals surface area contributed by atoms with Gasteiger partial charge in [0.05, 0.1) is 0 Å². The zero-order valence-electron chi connectivity index (χ0n) is 12.0. The van der Waals surface area contributed by atoms with Crippen molar-refractivity contribution in [3.8, 4) is 0 Å². The van der Waals surface area contributed by atoms with Crippen molar-refractivity contribution in [1.82, 2.24) is 0 Å². The SMILES string of the molecule is C[CH2][Al]([CH2]C)/[C](=C/C(C)(C)C)c1ccccc1. The third kappa shape index (κ3) is 4.70. The molecule has 0 nitrogen and oxygen atoms in total. The fourth-order valence-corrected chi connectivity index (χ4v) is 5.12. The summed E-state index contributed by atoms with van der Waals surface area (Å²) < 4.78 is 1.66. The van der Waals surface area contributed by atoms with Gasteiger partial charge in [-0.15, -0.1) is 4.44 Å². The van der Waals surface area contributed by atoms with Gasteiger partial charge in [-0.1, -0.05) is 81.6 Å². The lowest BCUT2D eigenvalue weighted by molar-refractivity contribution is 0.546. The second-order valence-electron chi connectivity index (χ2n) is 5.85. The zero-order valence-corrected chi connectivity index (χ0v) is 13.1. The van der Waals surface area contributed by atoms with Gasteiger partial charge in [0.15, 0.2) is 0 Å². The van der Waals surface area contributed by atoms with Crippen molar-refractivity contribution < 1.29 is 0 Å². The quantitative estimate of drug-likeness (QED) is 0.639. The number of allylic oxidation sites excluding steroid dienone is 1. The maximum atomic E-state index is 2.51. The van der Waals surface area contributed by atoms with E-state index in [2.05, 4.69) is 71.0 Å². The fraction of sp³-hybridized carbons (Fsp3) is 0.500. The van der Waals surface area contributed by atoms with Crippen molar-refractivity contribution in [2.75, 3.05) is 0 Å². The van der Waals surface area contributed by atoms with E-state index in [0.717, 1.165) is 0 Å². The number of rotatable bonds is 4. The van der Waals surface area contributed by atoms with Crippen molar-refractivity contribution in [1.29, 1.82) is 0 Å². The van der Waals surface area contributed by atoms with Crippen LogP contribution in [0.4, 0.5) is 0 Å². The minimum Gasteiger partial charge on any atom is -0.107 e. The molecule has 0 spiro atoms. The molecule has 0 saturated carbocycles. The van der Waals surface area contributed by atoms with E-state index < -0.39 is 14.1 Å². The molecule has 0 aromatic heterocycles. The van der Waals surface area contributed by atoms with Gasteiger partial charge in [0.25, 0.3) is 0 Å². The predicted molar refractivity (Wildman–Crippen MR) is 80.6 cm³/mol. The van der Waals surface area contributed by atoms with Crippen molar-refractivity contribution in [2.24, 2.45) is 5.41 Å². The predicted octanol–water partition coefficient (Wildman–Crippen LogP) is 5.19. The first-order valence-electron chi connectivity index (χ1n) is 6.76. The Labute approximate surface area is 111 Å². The van der Waals surface area contributed by atoms with Gasteiger partial charge in [0.2, 0.25) is 0 Å². The zero-order chi connectivity index (χ0) is 12.9. The minimum atomic E-state index is -0.772. The standard InChI is InChI=1S/C12H15.2C2H5.Al/c1-12(2,3)10-9-11-7-5-4-6-8-11;2*1-2;/h4-8,10H,1-3H3;2*1H2,2H3;.